The summed E-state index contributed by atoms with van der Waals surface area (Å²) in [6.07, 6.45) is 2.09. The zero-order chi connectivity index (χ0) is 17.2. The summed E-state index contributed by atoms with van der Waals surface area (Å²) in [7, 11) is 1.68. The average Bonchev–Trinajstić information content (AvgIpc) is 2.63. The number of benzene rings is 2. The Hall–Kier alpha value is -2.33. The van der Waals surface area contributed by atoms with E-state index in [2.05, 4.69) is 23.6 Å². The summed E-state index contributed by atoms with van der Waals surface area (Å²) in [6, 6.07) is 15.7. The average molecular weight is 326 g/mol. The van der Waals surface area contributed by atoms with E-state index in [1.807, 2.05) is 42.5 Å². The number of hydrogen-bond donors (Lipinski definition) is 2. The van der Waals surface area contributed by atoms with E-state index in [4.69, 9.17) is 4.74 Å². The number of unbranched alkanes of at least 4 members (excludes halogenated alkanes) is 1. The lowest BCUT2D eigenvalue weighted by molar-refractivity contribution is 0.0953. The van der Waals surface area contributed by atoms with Gasteiger partial charge in [0, 0.05) is 30.8 Å². The largest absolute Gasteiger partial charge is 0.496 e. The van der Waals surface area contributed by atoms with Crippen molar-refractivity contribution in [3.8, 4) is 5.75 Å². The van der Waals surface area contributed by atoms with Gasteiger partial charge in [0.05, 0.1) is 7.11 Å². The predicted molar refractivity (Wildman–Crippen MR) is 97.2 cm³/mol. The molecule has 0 heterocycles. The highest BCUT2D eigenvalue weighted by Gasteiger charge is 2.05. The summed E-state index contributed by atoms with van der Waals surface area (Å²) >= 11 is 0. The molecule has 0 atom stereocenters. The van der Waals surface area contributed by atoms with Crippen LogP contribution in [0.2, 0.25) is 0 Å². The van der Waals surface area contributed by atoms with Gasteiger partial charge < -0.3 is 15.4 Å². The van der Waals surface area contributed by atoms with Crippen LogP contribution >= 0.6 is 0 Å². The molecule has 24 heavy (non-hydrogen) atoms. The van der Waals surface area contributed by atoms with Crippen LogP contribution in [0.4, 0.5) is 0 Å². The van der Waals surface area contributed by atoms with Crippen LogP contribution in [0, 0.1) is 0 Å². The van der Waals surface area contributed by atoms with Crippen LogP contribution in [0.1, 0.15) is 41.3 Å². The quantitative estimate of drug-likeness (QED) is 0.693. The number of carbonyl (C=O) groups excluding carboxylic acids is 1. The first-order valence-electron chi connectivity index (χ1n) is 8.44. The van der Waals surface area contributed by atoms with E-state index in [0.717, 1.165) is 49.4 Å². The topological polar surface area (TPSA) is 50.4 Å². The Morgan fingerprint density at radius 2 is 1.79 bits per heavy atom. The first-order valence-corrected chi connectivity index (χ1v) is 8.44. The van der Waals surface area contributed by atoms with Gasteiger partial charge in [-0.2, -0.15) is 0 Å². The van der Waals surface area contributed by atoms with E-state index in [1.54, 1.807) is 7.11 Å². The zero-order valence-electron chi connectivity index (χ0n) is 14.5. The van der Waals surface area contributed by atoms with E-state index in [-0.39, 0.29) is 5.91 Å². The lowest BCUT2D eigenvalue weighted by atomic mass is 10.1. The van der Waals surface area contributed by atoms with Gasteiger partial charge in [-0.3, -0.25) is 4.79 Å². The Labute approximate surface area is 144 Å². The number of ether oxygens (including phenoxy) is 1. The minimum atomic E-state index is -0.00280. The molecular weight excluding hydrogens is 300 g/mol. The molecule has 0 aromatic heterocycles. The molecule has 0 aliphatic carbocycles. The van der Waals surface area contributed by atoms with Crippen molar-refractivity contribution in [2.45, 2.75) is 32.9 Å². The fourth-order valence-corrected chi connectivity index (χ4v) is 2.45. The van der Waals surface area contributed by atoms with Crippen LogP contribution in [0.15, 0.2) is 48.5 Å². The molecule has 2 aromatic carbocycles. The van der Waals surface area contributed by atoms with E-state index in [1.165, 1.54) is 0 Å². The number of hydrogen-bond acceptors (Lipinski definition) is 3. The van der Waals surface area contributed by atoms with Gasteiger partial charge in [-0.25, -0.2) is 0 Å². The summed E-state index contributed by atoms with van der Waals surface area (Å²) in [5.41, 5.74) is 2.99. The van der Waals surface area contributed by atoms with Gasteiger partial charge in [0.1, 0.15) is 5.75 Å². The highest BCUT2D eigenvalue weighted by atomic mass is 16.5. The van der Waals surface area contributed by atoms with Gasteiger partial charge in [-0.15, -0.1) is 0 Å². The van der Waals surface area contributed by atoms with Crippen molar-refractivity contribution in [3.63, 3.8) is 0 Å². The maximum absolute atomic E-state index is 12.0. The molecule has 2 aromatic rings. The third-order valence-corrected chi connectivity index (χ3v) is 3.87. The molecule has 2 N–H and O–H groups in total. The molecule has 0 unspecified atom stereocenters. The van der Waals surface area contributed by atoms with Gasteiger partial charge in [0.15, 0.2) is 0 Å². The summed E-state index contributed by atoms with van der Waals surface area (Å²) in [5, 5.41) is 6.33. The summed E-state index contributed by atoms with van der Waals surface area (Å²) in [5.74, 6) is 0.890. The maximum atomic E-state index is 12.0. The number of nitrogens with one attached hydrogen (secondary N) is 2. The van der Waals surface area contributed by atoms with Crippen molar-refractivity contribution >= 4 is 5.91 Å². The van der Waals surface area contributed by atoms with Crippen LogP contribution in [-0.4, -0.2) is 19.6 Å². The summed E-state index contributed by atoms with van der Waals surface area (Å²) < 4.78 is 5.35. The lowest BCUT2D eigenvalue weighted by Gasteiger charge is -2.10. The number of carbonyl (C=O) groups is 1. The van der Waals surface area contributed by atoms with Crippen molar-refractivity contribution < 1.29 is 9.53 Å². The smallest absolute Gasteiger partial charge is 0.251 e. The standard InChI is InChI=1S/C20H26N2O2/c1-3-4-13-22-20(23)17-11-9-16(10-12-17)14-21-15-18-7-5-6-8-19(18)24-2/h5-12,21H,3-4,13-15H2,1-2H3,(H,22,23). The Bertz CT molecular complexity index is 638. The second-order valence-corrected chi connectivity index (χ2v) is 5.72. The monoisotopic (exact) mass is 326 g/mol. The Balaban J connectivity index is 1.82. The van der Waals surface area contributed by atoms with Gasteiger partial charge in [-0.1, -0.05) is 43.7 Å². The van der Waals surface area contributed by atoms with Crippen LogP contribution < -0.4 is 15.4 Å². The molecule has 4 nitrogen and oxygen atoms in total. The highest BCUT2D eigenvalue weighted by Crippen LogP contribution is 2.16. The SMILES string of the molecule is CCCCNC(=O)c1ccc(CNCc2ccccc2OC)cc1. The van der Waals surface area contributed by atoms with Crippen LogP contribution in [0.3, 0.4) is 0 Å². The van der Waals surface area contributed by atoms with E-state index in [9.17, 15) is 4.79 Å². The third kappa shape index (κ3) is 5.39. The molecule has 0 aliphatic heterocycles. The van der Waals surface area contributed by atoms with Crippen LogP contribution in [0.25, 0.3) is 0 Å². The van der Waals surface area contributed by atoms with Gasteiger partial charge in [0.2, 0.25) is 0 Å². The normalized spacial score (nSPS) is 10.4. The van der Waals surface area contributed by atoms with Crippen molar-refractivity contribution in [1.29, 1.82) is 0 Å². The lowest BCUT2D eigenvalue weighted by Crippen LogP contribution is -2.24. The van der Waals surface area contributed by atoms with Crippen molar-refractivity contribution in [2.75, 3.05) is 13.7 Å². The van der Waals surface area contributed by atoms with Crippen molar-refractivity contribution in [3.05, 3.63) is 65.2 Å². The molecule has 4 heteroatoms. The van der Waals surface area contributed by atoms with E-state index in [0.29, 0.717) is 5.56 Å². The Kier molecular flexibility index (Phi) is 7.30. The zero-order valence-corrected chi connectivity index (χ0v) is 14.5. The first kappa shape index (κ1) is 18.0. The second kappa shape index (κ2) is 9.73. The second-order valence-electron chi connectivity index (χ2n) is 5.72. The number of rotatable bonds is 9. The van der Waals surface area contributed by atoms with E-state index < -0.39 is 0 Å². The minimum Gasteiger partial charge on any atom is -0.496 e. The van der Waals surface area contributed by atoms with Crippen LogP contribution in [-0.2, 0) is 13.1 Å². The first-order chi connectivity index (χ1) is 11.7. The molecule has 2 rings (SSSR count). The molecular formula is C20H26N2O2. The Morgan fingerprint density at radius 1 is 1.04 bits per heavy atom. The molecule has 1 amide bonds. The maximum Gasteiger partial charge on any atom is 0.251 e. The predicted octanol–water partition coefficient (Wildman–Crippen LogP) is 3.51. The molecule has 0 saturated heterocycles. The summed E-state index contributed by atoms with van der Waals surface area (Å²) in [4.78, 5) is 12.0. The van der Waals surface area contributed by atoms with Crippen LogP contribution in [0.5, 0.6) is 5.75 Å². The fourth-order valence-electron chi connectivity index (χ4n) is 2.45. The highest BCUT2D eigenvalue weighted by molar-refractivity contribution is 5.94. The Morgan fingerprint density at radius 3 is 2.50 bits per heavy atom. The summed E-state index contributed by atoms with van der Waals surface area (Å²) in [6.45, 7) is 4.33. The molecule has 128 valence electrons. The van der Waals surface area contributed by atoms with E-state index >= 15 is 0 Å². The molecule has 0 spiro atoms. The number of methoxy groups -OCH3 is 1. The van der Waals surface area contributed by atoms with Gasteiger partial charge in [0.25, 0.3) is 5.91 Å². The molecule has 0 radical (unpaired) electrons. The molecule has 0 bridgehead atoms. The molecule has 0 saturated carbocycles. The van der Waals surface area contributed by atoms with Gasteiger partial charge in [-0.05, 0) is 30.2 Å². The number of amides is 1. The van der Waals surface area contributed by atoms with Crippen molar-refractivity contribution in [1.82, 2.24) is 10.6 Å². The van der Waals surface area contributed by atoms with Crippen molar-refractivity contribution in [2.24, 2.45) is 0 Å². The fraction of sp³-hybridized carbons (Fsp3) is 0.350. The minimum absolute atomic E-state index is 0.00280. The molecule has 0 fully saturated rings. The molecule has 0 aliphatic rings. The van der Waals surface area contributed by atoms with Gasteiger partial charge >= 0.3 is 0 Å². The third-order valence-electron chi connectivity index (χ3n) is 3.87. The number of para-hydroxylation sites is 1.